The average molecular weight is 425 g/mol. The third-order valence-electron chi connectivity index (χ3n) is 6.45. The molecule has 1 saturated heterocycles. The van der Waals surface area contributed by atoms with Crippen LogP contribution in [0.1, 0.15) is 26.3 Å². The molecular formula is C23H32N6O2. The van der Waals surface area contributed by atoms with E-state index in [0.717, 1.165) is 55.6 Å². The van der Waals surface area contributed by atoms with E-state index in [1.165, 1.54) is 4.68 Å². The van der Waals surface area contributed by atoms with E-state index in [2.05, 4.69) is 27.1 Å². The van der Waals surface area contributed by atoms with Crippen molar-refractivity contribution in [2.75, 3.05) is 45.8 Å². The molecule has 1 aliphatic rings. The van der Waals surface area contributed by atoms with Crippen molar-refractivity contribution in [2.24, 2.45) is 7.05 Å². The van der Waals surface area contributed by atoms with Gasteiger partial charge in [0.2, 0.25) is 5.91 Å². The second-order valence-corrected chi connectivity index (χ2v) is 8.21. The molecule has 0 saturated carbocycles. The fraction of sp³-hybridized carbons (Fsp3) is 0.522. The molecule has 1 atom stereocenters. The first kappa shape index (κ1) is 21.5. The lowest BCUT2D eigenvalue weighted by Crippen LogP contribution is -2.48. The number of rotatable bonds is 7. The third-order valence-corrected chi connectivity index (χ3v) is 6.45. The van der Waals surface area contributed by atoms with Gasteiger partial charge >= 0.3 is 0 Å². The minimum Gasteiger partial charge on any atom is -0.353 e. The van der Waals surface area contributed by atoms with Gasteiger partial charge in [-0.25, -0.2) is 4.68 Å². The lowest BCUT2D eigenvalue weighted by Gasteiger charge is -2.34. The summed E-state index contributed by atoms with van der Waals surface area (Å²) in [5.74, 6) is -0.0452. The van der Waals surface area contributed by atoms with Gasteiger partial charge in [0.25, 0.3) is 5.56 Å². The molecule has 2 aromatic heterocycles. The van der Waals surface area contributed by atoms with E-state index >= 15 is 0 Å². The molecule has 4 rings (SSSR count). The SMILES string of the molecule is CC[C@H](C(=O)NCCN1CCN(CC)CC1)n1c2ccccc2c2cnn(C)c(=O)c21. The van der Waals surface area contributed by atoms with Crippen molar-refractivity contribution in [3.8, 4) is 0 Å². The number of nitrogens with zero attached hydrogens (tertiary/aromatic N) is 5. The summed E-state index contributed by atoms with van der Waals surface area (Å²) in [6.45, 7) is 11.0. The maximum atomic E-state index is 13.2. The molecule has 0 unspecified atom stereocenters. The summed E-state index contributed by atoms with van der Waals surface area (Å²) in [4.78, 5) is 31.0. The van der Waals surface area contributed by atoms with Gasteiger partial charge < -0.3 is 14.8 Å². The van der Waals surface area contributed by atoms with E-state index in [0.29, 0.717) is 18.5 Å². The Bertz CT molecular complexity index is 1130. The Hall–Kier alpha value is -2.71. The number of fused-ring (bicyclic) bond motifs is 3. The van der Waals surface area contributed by atoms with Crippen LogP contribution >= 0.6 is 0 Å². The summed E-state index contributed by atoms with van der Waals surface area (Å²) >= 11 is 0. The number of nitrogens with one attached hydrogen (secondary N) is 1. The van der Waals surface area contributed by atoms with Crippen LogP contribution in [0.5, 0.6) is 0 Å². The Morgan fingerprint density at radius 3 is 2.52 bits per heavy atom. The number of aromatic nitrogens is 3. The van der Waals surface area contributed by atoms with Crippen LogP contribution in [0.2, 0.25) is 0 Å². The van der Waals surface area contributed by atoms with E-state index < -0.39 is 6.04 Å². The molecule has 0 bridgehead atoms. The van der Waals surface area contributed by atoms with Gasteiger partial charge in [-0.3, -0.25) is 14.5 Å². The zero-order chi connectivity index (χ0) is 22.0. The monoisotopic (exact) mass is 424 g/mol. The molecule has 0 radical (unpaired) electrons. The number of carbonyl (C=O) groups is 1. The summed E-state index contributed by atoms with van der Waals surface area (Å²) in [5.41, 5.74) is 1.24. The zero-order valence-electron chi connectivity index (χ0n) is 18.7. The van der Waals surface area contributed by atoms with Crippen molar-refractivity contribution in [2.45, 2.75) is 26.3 Å². The van der Waals surface area contributed by atoms with Gasteiger partial charge in [-0.1, -0.05) is 32.0 Å². The molecule has 1 aliphatic heterocycles. The lowest BCUT2D eigenvalue weighted by molar-refractivity contribution is -0.124. The summed E-state index contributed by atoms with van der Waals surface area (Å²) in [7, 11) is 1.64. The Labute approximate surface area is 182 Å². The van der Waals surface area contributed by atoms with Crippen LogP contribution in [-0.4, -0.2) is 75.9 Å². The minimum absolute atomic E-state index is 0.0452. The van der Waals surface area contributed by atoms with Crippen molar-refractivity contribution in [3.05, 3.63) is 40.8 Å². The highest BCUT2D eigenvalue weighted by molar-refractivity contribution is 6.08. The Morgan fingerprint density at radius 2 is 1.81 bits per heavy atom. The average Bonchev–Trinajstić information content (AvgIpc) is 3.12. The highest BCUT2D eigenvalue weighted by atomic mass is 16.2. The number of likely N-dealkylation sites (N-methyl/N-ethyl adjacent to an activating group) is 1. The number of piperazine rings is 1. The number of hydrogen-bond donors (Lipinski definition) is 1. The van der Waals surface area contributed by atoms with Crippen molar-refractivity contribution in [1.29, 1.82) is 0 Å². The van der Waals surface area contributed by atoms with Gasteiger partial charge in [-0.15, -0.1) is 0 Å². The first-order chi connectivity index (χ1) is 15.0. The summed E-state index contributed by atoms with van der Waals surface area (Å²) in [6.07, 6.45) is 2.32. The van der Waals surface area contributed by atoms with Crippen LogP contribution in [0.3, 0.4) is 0 Å². The van der Waals surface area contributed by atoms with E-state index in [-0.39, 0.29) is 11.5 Å². The number of hydrogen-bond acceptors (Lipinski definition) is 5. The fourth-order valence-corrected chi connectivity index (χ4v) is 4.58. The molecule has 3 aromatic rings. The van der Waals surface area contributed by atoms with Crippen LogP contribution in [0, 0.1) is 0 Å². The van der Waals surface area contributed by atoms with Crippen molar-refractivity contribution in [1.82, 2.24) is 29.5 Å². The quantitative estimate of drug-likeness (QED) is 0.624. The molecular weight excluding hydrogens is 392 g/mol. The van der Waals surface area contributed by atoms with Gasteiger partial charge in [0.05, 0.1) is 11.7 Å². The molecule has 1 fully saturated rings. The molecule has 8 nitrogen and oxygen atoms in total. The van der Waals surface area contributed by atoms with Gasteiger partial charge in [-0.2, -0.15) is 5.10 Å². The number of amides is 1. The Morgan fingerprint density at radius 1 is 1.10 bits per heavy atom. The molecule has 31 heavy (non-hydrogen) atoms. The topological polar surface area (TPSA) is 75.4 Å². The van der Waals surface area contributed by atoms with Crippen LogP contribution in [-0.2, 0) is 11.8 Å². The fourth-order valence-electron chi connectivity index (χ4n) is 4.58. The first-order valence-corrected chi connectivity index (χ1v) is 11.2. The standard InChI is InChI=1S/C23H32N6O2/c1-4-19(22(30)24-10-11-28-14-12-27(5-2)13-15-28)29-20-9-7-6-8-17(20)18-16-25-26(3)23(31)21(18)29/h6-9,16,19H,4-5,10-15H2,1-3H3,(H,24,30)/t19-/m1/s1. The Kier molecular flexibility index (Phi) is 6.38. The van der Waals surface area contributed by atoms with E-state index in [9.17, 15) is 9.59 Å². The van der Waals surface area contributed by atoms with Crippen LogP contribution < -0.4 is 10.9 Å². The number of carbonyl (C=O) groups excluding carboxylic acids is 1. The Balaban J connectivity index is 1.56. The van der Waals surface area contributed by atoms with Crippen LogP contribution in [0.15, 0.2) is 35.3 Å². The summed E-state index contributed by atoms with van der Waals surface area (Å²) in [6, 6.07) is 7.39. The van der Waals surface area contributed by atoms with Crippen LogP contribution in [0.4, 0.5) is 0 Å². The predicted octanol–water partition coefficient (Wildman–Crippen LogP) is 1.59. The molecule has 0 aliphatic carbocycles. The zero-order valence-corrected chi connectivity index (χ0v) is 18.7. The molecule has 1 aromatic carbocycles. The molecule has 0 spiro atoms. The molecule has 8 heteroatoms. The van der Waals surface area contributed by atoms with E-state index in [4.69, 9.17) is 0 Å². The number of benzene rings is 1. The minimum atomic E-state index is -0.450. The normalized spacial score (nSPS) is 16.7. The molecule has 1 amide bonds. The van der Waals surface area contributed by atoms with Gasteiger partial charge in [0.15, 0.2) is 0 Å². The van der Waals surface area contributed by atoms with Gasteiger partial charge in [0, 0.05) is 57.1 Å². The van der Waals surface area contributed by atoms with Crippen molar-refractivity contribution in [3.63, 3.8) is 0 Å². The summed E-state index contributed by atoms with van der Waals surface area (Å²) < 4.78 is 3.24. The predicted molar refractivity (Wildman–Crippen MR) is 123 cm³/mol. The maximum absolute atomic E-state index is 13.2. The molecule has 3 heterocycles. The van der Waals surface area contributed by atoms with E-state index in [1.54, 1.807) is 13.2 Å². The van der Waals surface area contributed by atoms with Crippen molar-refractivity contribution < 1.29 is 4.79 Å². The molecule has 166 valence electrons. The lowest BCUT2D eigenvalue weighted by atomic mass is 10.2. The largest absolute Gasteiger partial charge is 0.353 e. The van der Waals surface area contributed by atoms with Gasteiger partial charge in [-0.05, 0) is 19.0 Å². The smallest absolute Gasteiger partial charge is 0.291 e. The maximum Gasteiger partial charge on any atom is 0.291 e. The highest BCUT2D eigenvalue weighted by Crippen LogP contribution is 2.30. The second-order valence-electron chi connectivity index (χ2n) is 8.21. The second kappa shape index (κ2) is 9.20. The number of aryl methyl sites for hydroxylation is 1. The van der Waals surface area contributed by atoms with Crippen molar-refractivity contribution >= 4 is 27.7 Å². The van der Waals surface area contributed by atoms with E-state index in [1.807, 2.05) is 35.8 Å². The summed E-state index contributed by atoms with van der Waals surface area (Å²) in [5, 5.41) is 9.05. The third kappa shape index (κ3) is 4.09. The molecule has 1 N–H and O–H groups in total. The van der Waals surface area contributed by atoms with Crippen LogP contribution in [0.25, 0.3) is 21.8 Å². The number of para-hydroxylation sites is 1. The highest BCUT2D eigenvalue weighted by Gasteiger charge is 2.25. The first-order valence-electron chi connectivity index (χ1n) is 11.2. The van der Waals surface area contributed by atoms with Gasteiger partial charge in [0.1, 0.15) is 11.6 Å².